The number of aromatic nitrogens is 1. The molecular formula is C25H23N3O3. The van der Waals surface area contributed by atoms with Crippen molar-refractivity contribution in [3.63, 3.8) is 0 Å². The predicted molar refractivity (Wildman–Crippen MR) is 119 cm³/mol. The van der Waals surface area contributed by atoms with Gasteiger partial charge in [0, 0.05) is 11.9 Å². The number of anilines is 1. The monoisotopic (exact) mass is 413 g/mol. The van der Waals surface area contributed by atoms with Gasteiger partial charge in [-0.05, 0) is 66.9 Å². The SMILES string of the molecule is COc1ccc(C2=C(Nc3cc(C)cc(C)c3)C(=O)N(Cc3ccccn3)C2=O)cc1. The second-order valence-corrected chi connectivity index (χ2v) is 7.50. The molecule has 1 aromatic heterocycles. The van der Waals surface area contributed by atoms with Crippen molar-refractivity contribution in [1.82, 2.24) is 9.88 Å². The van der Waals surface area contributed by atoms with E-state index >= 15 is 0 Å². The van der Waals surface area contributed by atoms with Crippen LogP contribution in [0.5, 0.6) is 5.75 Å². The molecule has 4 rings (SSSR count). The molecule has 0 saturated heterocycles. The first-order chi connectivity index (χ1) is 15.0. The third-order valence-electron chi connectivity index (χ3n) is 5.08. The summed E-state index contributed by atoms with van der Waals surface area (Å²) in [6.45, 7) is 4.09. The van der Waals surface area contributed by atoms with Gasteiger partial charge in [-0.2, -0.15) is 0 Å². The normalized spacial score (nSPS) is 13.7. The largest absolute Gasteiger partial charge is 0.497 e. The molecule has 6 heteroatoms. The first kappa shape index (κ1) is 20.3. The molecule has 1 aliphatic heterocycles. The Labute approximate surface area is 181 Å². The topological polar surface area (TPSA) is 71.5 Å². The lowest BCUT2D eigenvalue weighted by Gasteiger charge is -2.15. The van der Waals surface area contributed by atoms with Crippen LogP contribution < -0.4 is 10.1 Å². The standard InChI is InChI=1S/C25H23N3O3/c1-16-12-17(2)14-20(13-16)27-23-22(18-7-9-21(31-3)10-8-18)24(29)28(25(23)30)15-19-6-4-5-11-26-19/h4-14,27H,15H2,1-3H3. The third-order valence-corrected chi connectivity index (χ3v) is 5.08. The second-order valence-electron chi connectivity index (χ2n) is 7.50. The number of ether oxygens (including phenoxy) is 1. The Balaban J connectivity index is 1.76. The van der Waals surface area contributed by atoms with Crippen molar-refractivity contribution in [2.45, 2.75) is 20.4 Å². The Kier molecular flexibility index (Phi) is 5.54. The fraction of sp³-hybridized carbons (Fsp3) is 0.160. The highest BCUT2D eigenvalue weighted by molar-refractivity contribution is 6.36. The molecule has 0 spiro atoms. The number of amides is 2. The summed E-state index contributed by atoms with van der Waals surface area (Å²) in [5, 5.41) is 3.21. The molecule has 0 saturated carbocycles. The van der Waals surface area contributed by atoms with Crippen LogP contribution in [0.15, 0.2) is 72.6 Å². The maximum Gasteiger partial charge on any atom is 0.278 e. The maximum absolute atomic E-state index is 13.4. The van der Waals surface area contributed by atoms with Gasteiger partial charge in [-0.25, -0.2) is 0 Å². The molecule has 0 radical (unpaired) electrons. The van der Waals surface area contributed by atoms with E-state index in [1.165, 1.54) is 4.90 Å². The van der Waals surface area contributed by atoms with E-state index in [1.54, 1.807) is 49.7 Å². The van der Waals surface area contributed by atoms with E-state index in [0.29, 0.717) is 22.6 Å². The van der Waals surface area contributed by atoms with Gasteiger partial charge in [-0.1, -0.05) is 24.3 Å². The molecule has 1 aliphatic rings. The minimum absolute atomic E-state index is 0.107. The van der Waals surface area contributed by atoms with Crippen molar-refractivity contribution < 1.29 is 14.3 Å². The number of hydrogen-bond donors (Lipinski definition) is 1. The molecule has 156 valence electrons. The molecule has 2 aromatic carbocycles. The number of nitrogens with zero attached hydrogens (tertiary/aromatic N) is 2. The maximum atomic E-state index is 13.4. The Hall–Kier alpha value is -3.93. The van der Waals surface area contributed by atoms with Crippen molar-refractivity contribution in [2.75, 3.05) is 12.4 Å². The van der Waals surface area contributed by atoms with E-state index in [1.807, 2.05) is 32.0 Å². The van der Waals surface area contributed by atoms with Gasteiger partial charge in [-0.3, -0.25) is 19.5 Å². The minimum atomic E-state index is -0.374. The quantitative estimate of drug-likeness (QED) is 0.616. The summed E-state index contributed by atoms with van der Waals surface area (Å²) < 4.78 is 5.23. The van der Waals surface area contributed by atoms with Crippen molar-refractivity contribution >= 4 is 23.1 Å². The van der Waals surface area contributed by atoms with E-state index in [4.69, 9.17) is 4.74 Å². The molecule has 0 aliphatic carbocycles. The van der Waals surface area contributed by atoms with Crippen LogP contribution in [0, 0.1) is 13.8 Å². The summed E-state index contributed by atoms with van der Waals surface area (Å²) in [5.41, 5.74) is 4.78. The molecular weight excluding hydrogens is 390 g/mol. The van der Waals surface area contributed by atoms with Gasteiger partial charge in [0.2, 0.25) is 0 Å². The summed E-state index contributed by atoms with van der Waals surface area (Å²) in [5.74, 6) is -0.0522. The summed E-state index contributed by atoms with van der Waals surface area (Å²) >= 11 is 0. The number of nitrogens with one attached hydrogen (secondary N) is 1. The number of pyridine rings is 1. The first-order valence-electron chi connectivity index (χ1n) is 9.96. The van der Waals surface area contributed by atoms with Gasteiger partial charge in [-0.15, -0.1) is 0 Å². The average molecular weight is 413 g/mol. The van der Waals surface area contributed by atoms with Gasteiger partial charge >= 0.3 is 0 Å². The van der Waals surface area contributed by atoms with Gasteiger partial charge in [0.15, 0.2) is 0 Å². The molecule has 0 fully saturated rings. The lowest BCUT2D eigenvalue weighted by Crippen LogP contribution is -2.32. The van der Waals surface area contributed by atoms with Crippen molar-refractivity contribution in [3.05, 3.63) is 94.9 Å². The summed E-state index contributed by atoms with van der Waals surface area (Å²) in [6, 6.07) is 18.5. The summed E-state index contributed by atoms with van der Waals surface area (Å²) in [6.07, 6.45) is 1.65. The van der Waals surface area contributed by atoms with Crippen molar-refractivity contribution in [2.24, 2.45) is 0 Å². The molecule has 3 aromatic rings. The number of imide groups is 1. The molecule has 2 amide bonds. The van der Waals surface area contributed by atoms with Gasteiger partial charge in [0.25, 0.3) is 11.8 Å². The van der Waals surface area contributed by atoms with Gasteiger partial charge in [0.1, 0.15) is 11.4 Å². The van der Waals surface area contributed by atoms with Crippen LogP contribution >= 0.6 is 0 Å². The lowest BCUT2D eigenvalue weighted by molar-refractivity contribution is -0.137. The first-order valence-corrected chi connectivity index (χ1v) is 9.96. The van der Waals surface area contributed by atoms with E-state index < -0.39 is 0 Å². The third kappa shape index (κ3) is 4.19. The number of aryl methyl sites for hydroxylation is 2. The van der Waals surface area contributed by atoms with Crippen molar-refractivity contribution in [1.29, 1.82) is 0 Å². The Bertz CT molecular complexity index is 1150. The Morgan fingerprint density at radius 3 is 2.26 bits per heavy atom. The molecule has 6 nitrogen and oxygen atoms in total. The van der Waals surface area contributed by atoms with E-state index in [0.717, 1.165) is 16.8 Å². The summed E-state index contributed by atoms with van der Waals surface area (Å²) in [7, 11) is 1.58. The molecule has 0 bridgehead atoms. The Morgan fingerprint density at radius 2 is 1.65 bits per heavy atom. The second kappa shape index (κ2) is 8.44. The van der Waals surface area contributed by atoms with E-state index in [9.17, 15) is 9.59 Å². The van der Waals surface area contributed by atoms with E-state index in [-0.39, 0.29) is 24.1 Å². The number of hydrogen-bond acceptors (Lipinski definition) is 5. The highest BCUT2D eigenvalue weighted by Crippen LogP contribution is 2.32. The number of carbonyl (C=O) groups excluding carboxylic acids is 2. The zero-order chi connectivity index (χ0) is 22.0. The zero-order valence-electron chi connectivity index (χ0n) is 17.7. The fourth-order valence-corrected chi connectivity index (χ4v) is 3.71. The van der Waals surface area contributed by atoms with Crippen molar-refractivity contribution in [3.8, 4) is 5.75 Å². The van der Waals surface area contributed by atoms with Crippen LogP contribution in [0.25, 0.3) is 5.57 Å². The molecule has 0 atom stereocenters. The molecule has 2 heterocycles. The summed E-state index contributed by atoms with van der Waals surface area (Å²) in [4.78, 5) is 32.2. The fourth-order valence-electron chi connectivity index (χ4n) is 3.71. The van der Waals surface area contributed by atoms with Crippen LogP contribution in [0.4, 0.5) is 5.69 Å². The highest BCUT2D eigenvalue weighted by Gasteiger charge is 2.39. The predicted octanol–water partition coefficient (Wildman–Crippen LogP) is 4.10. The van der Waals surface area contributed by atoms with Crippen LogP contribution in [-0.4, -0.2) is 28.8 Å². The van der Waals surface area contributed by atoms with Crippen LogP contribution in [0.2, 0.25) is 0 Å². The van der Waals surface area contributed by atoms with Gasteiger partial charge < -0.3 is 10.1 Å². The lowest BCUT2D eigenvalue weighted by atomic mass is 10.0. The van der Waals surface area contributed by atoms with Crippen LogP contribution in [0.3, 0.4) is 0 Å². The number of methoxy groups -OCH3 is 1. The smallest absolute Gasteiger partial charge is 0.278 e. The Morgan fingerprint density at radius 1 is 0.935 bits per heavy atom. The average Bonchev–Trinajstić information content (AvgIpc) is 2.98. The molecule has 1 N–H and O–H groups in total. The highest BCUT2D eigenvalue weighted by atomic mass is 16.5. The molecule has 0 unspecified atom stereocenters. The van der Waals surface area contributed by atoms with Crippen LogP contribution in [-0.2, 0) is 16.1 Å². The van der Waals surface area contributed by atoms with Crippen LogP contribution in [0.1, 0.15) is 22.4 Å². The minimum Gasteiger partial charge on any atom is -0.497 e. The number of benzene rings is 2. The number of rotatable bonds is 6. The van der Waals surface area contributed by atoms with E-state index in [2.05, 4.69) is 16.4 Å². The molecule has 31 heavy (non-hydrogen) atoms. The zero-order valence-corrected chi connectivity index (χ0v) is 17.7. The van der Waals surface area contributed by atoms with Gasteiger partial charge in [0.05, 0.1) is 24.9 Å². The number of carbonyl (C=O) groups is 2.